The van der Waals surface area contributed by atoms with Crippen LogP contribution in [0.5, 0.6) is 0 Å². The van der Waals surface area contributed by atoms with Crippen molar-refractivity contribution in [2.75, 3.05) is 13.2 Å². The molecule has 21 heavy (non-hydrogen) atoms. The molecule has 1 aliphatic heterocycles. The summed E-state index contributed by atoms with van der Waals surface area (Å²) in [5, 5.41) is 13.5. The van der Waals surface area contributed by atoms with E-state index in [2.05, 4.69) is 5.32 Å². The Balaban J connectivity index is 2.09. The van der Waals surface area contributed by atoms with E-state index in [1.54, 1.807) is 0 Å². The standard InChI is InChI=1S/C13H14Cl2N2O4/c14-11-6-8(17(19)20)5-10(12(11)15)13(18)16-7-9-3-1-2-4-21-9/h5-6,9H,1-4,7H2,(H,16,18). The molecule has 1 aromatic rings. The molecule has 1 aliphatic rings. The molecule has 8 heteroatoms. The van der Waals surface area contributed by atoms with Crippen molar-refractivity contribution in [1.29, 1.82) is 0 Å². The Kier molecular flexibility index (Phi) is 5.39. The number of amides is 1. The second-order valence-electron chi connectivity index (χ2n) is 4.74. The highest BCUT2D eigenvalue weighted by Gasteiger charge is 2.21. The third kappa shape index (κ3) is 4.06. The van der Waals surface area contributed by atoms with Crippen LogP contribution < -0.4 is 5.32 Å². The van der Waals surface area contributed by atoms with E-state index in [1.165, 1.54) is 0 Å². The molecule has 1 saturated heterocycles. The van der Waals surface area contributed by atoms with Crippen molar-refractivity contribution >= 4 is 34.8 Å². The number of carbonyl (C=O) groups is 1. The number of nitro groups is 1. The molecule has 114 valence electrons. The van der Waals surface area contributed by atoms with E-state index in [0.29, 0.717) is 13.2 Å². The number of nitrogens with zero attached hydrogens (tertiary/aromatic N) is 1. The summed E-state index contributed by atoms with van der Waals surface area (Å²) >= 11 is 11.8. The normalized spacial score (nSPS) is 18.3. The van der Waals surface area contributed by atoms with Crippen molar-refractivity contribution in [1.82, 2.24) is 5.32 Å². The van der Waals surface area contributed by atoms with Gasteiger partial charge in [-0.1, -0.05) is 23.2 Å². The van der Waals surface area contributed by atoms with Crippen LogP contribution in [0.4, 0.5) is 5.69 Å². The molecule has 0 aromatic heterocycles. The van der Waals surface area contributed by atoms with E-state index < -0.39 is 10.8 Å². The Hall–Kier alpha value is -1.37. The van der Waals surface area contributed by atoms with Crippen LogP contribution in [0.15, 0.2) is 12.1 Å². The molecule has 2 rings (SSSR count). The van der Waals surface area contributed by atoms with Gasteiger partial charge in [0.05, 0.1) is 26.6 Å². The fraction of sp³-hybridized carbons (Fsp3) is 0.462. The molecule has 0 bridgehead atoms. The lowest BCUT2D eigenvalue weighted by molar-refractivity contribution is -0.384. The summed E-state index contributed by atoms with van der Waals surface area (Å²) in [6, 6.07) is 2.23. The Labute approximate surface area is 131 Å². The summed E-state index contributed by atoms with van der Waals surface area (Å²) in [6.45, 7) is 1.03. The lowest BCUT2D eigenvalue weighted by Gasteiger charge is -2.22. The molecule has 0 radical (unpaired) electrons. The summed E-state index contributed by atoms with van der Waals surface area (Å²) in [6.07, 6.45) is 2.93. The van der Waals surface area contributed by atoms with E-state index in [9.17, 15) is 14.9 Å². The maximum atomic E-state index is 12.1. The first-order chi connectivity index (χ1) is 9.99. The van der Waals surface area contributed by atoms with E-state index in [0.717, 1.165) is 31.4 Å². The summed E-state index contributed by atoms with van der Waals surface area (Å²) in [5.41, 5.74) is -0.282. The number of ether oxygens (including phenoxy) is 1. The van der Waals surface area contributed by atoms with Gasteiger partial charge in [-0.25, -0.2) is 0 Å². The van der Waals surface area contributed by atoms with Gasteiger partial charge in [-0.2, -0.15) is 0 Å². The number of non-ortho nitro benzene ring substituents is 1. The smallest absolute Gasteiger partial charge is 0.271 e. The van der Waals surface area contributed by atoms with E-state index in [-0.39, 0.29) is 27.4 Å². The first kappa shape index (κ1) is 16.0. The van der Waals surface area contributed by atoms with Gasteiger partial charge in [0.2, 0.25) is 0 Å². The molecule has 1 atom stereocenters. The van der Waals surface area contributed by atoms with Crippen LogP contribution in [0.1, 0.15) is 29.6 Å². The minimum atomic E-state index is -0.622. The first-order valence-corrected chi connectivity index (χ1v) is 7.28. The van der Waals surface area contributed by atoms with Crippen LogP contribution >= 0.6 is 23.2 Å². The highest BCUT2D eigenvalue weighted by atomic mass is 35.5. The largest absolute Gasteiger partial charge is 0.376 e. The quantitative estimate of drug-likeness (QED) is 0.678. The number of carbonyl (C=O) groups excluding carboxylic acids is 1. The highest BCUT2D eigenvalue weighted by Crippen LogP contribution is 2.30. The number of hydrogen-bond acceptors (Lipinski definition) is 4. The number of benzene rings is 1. The van der Waals surface area contributed by atoms with Gasteiger partial charge in [0.1, 0.15) is 0 Å². The topological polar surface area (TPSA) is 81.5 Å². The molecule has 6 nitrogen and oxygen atoms in total. The van der Waals surface area contributed by atoms with E-state index >= 15 is 0 Å². The van der Waals surface area contributed by atoms with Crippen LogP contribution in [0, 0.1) is 10.1 Å². The molecule has 0 saturated carbocycles. The van der Waals surface area contributed by atoms with Gasteiger partial charge in [-0.3, -0.25) is 14.9 Å². The second kappa shape index (κ2) is 7.06. The summed E-state index contributed by atoms with van der Waals surface area (Å²) in [7, 11) is 0. The molecular formula is C13H14Cl2N2O4. The van der Waals surface area contributed by atoms with Gasteiger partial charge in [0.15, 0.2) is 0 Å². The molecule has 1 fully saturated rings. The van der Waals surface area contributed by atoms with E-state index in [1.807, 2.05) is 0 Å². The monoisotopic (exact) mass is 332 g/mol. The zero-order valence-electron chi connectivity index (χ0n) is 11.1. The molecule has 1 N–H and O–H groups in total. The average molecular weight is 333 g/mol. The van der Waals surface area contributed by atoms with Crippen molar-refractivity contribution < 1.29 is 14.5 Å². The molecular weight excluding hydrogens is 319 g/mol. The van der Waals surface area contributed by atoms with Crippen molar-refractivity contribution in [3.05, 3.63) is 37.9 Å². The van der Waals surface area contributed by atoms with Crippen LogP contribution in [0.3, 0.4) is 0 Å². The zero-order valence-corrected chi connectivity index (χ0v) is 12.6. The number of rotatable bonds is 4. The zero-order chi connectivity index (χ0) is 15.4. The van der Waals surface area contributed by atoms with Crippen molar-refractivity contribution in [2.45, 2.75) is 25.4 Å². The summed E-state index contributed by atoms with van der Waals surface area (Å²) < 4.78 is 5.50. The van der Waals surface area contributed by atoms with Crippen molar-refractivity contribution in [2.24, 2.45) is 0 Å². The third-order valence-corrected chi connectivity index (χ3v) is 4.03. The Morgan fingerprint density at radius 2 is 2.19 bits per heavy atom. The predicted molar refractivity (Wildman–Crippen MR) is 79.0 cm³/mol. The van der Waals surface area contributed by atoms with Crippen LogP contribution in [-0.2, 0) is 4.74 Å². The number of halogens is 2. The Morgan fingerprint density at radius 3 is 2.81 bits per heavy atom. The molecule has 1 aromatic carbocycles. The maximum absolute atomic E-state index is 12.1. The predicted octanol–water partition coefficient (Wildman–Crippen LogP) is 3.20. The molecule has 0 aliphatic carbocycles. The number of hydrogen-bond donors (Lipinski definition) is 1. The van der Waals surface area contributed by atoms with E-state index in [4.69, 9.17) is 27.9 Å². The molecule has 1 amide bonds. The van der Waals surface area contributed by atoms with Gasteiger partial charge in [-0.05, 0) is 19.3 Å². The van der Waals surface area contributed by atoms with Crippen molar-refractivity contribution in [3.8, 4) is 0 Å². The van der Waals surface area contributed by atoms with Gasteiger partial charge in [0, 0.05) is 25.3 Å². The maximum Gasteiger partial charge on any atom is 0.271 e. The van der Waals surface area contributed by atoms with Crippen molar-refractivity contribution in [3.63, 3.8) is 0 Å². The SMILES string of the molecule is O=C(NCC1CCCCO1)c1cc([N+](=O)[O-])cc(Cl)c1Cl. The molecule has 1 unspecified atom stereocenters. The van der Waals surface area contributed by atoms with Gasteiger partial charge >= 0.3 is 0 Å². The lowest BCUT2D eigenvalue weighted by atomic mass is 10.1. The minimum absolute atomic E-state index is 0.00401. The Bertz CT molecular complexity index is 559. The average Bonchev–Trinajstić information content (AvgIpc) is 2.48. The fourth-order valence-corrected chi connectivity index (χ4v) is 2.52. The molecule has 1 heterocycles. The fourth-order valence-electron chi connectivity index (χ4n) is 2.12. The third-order valence-electron chi connectivity index (χ3n) is 3.23. The van der Waals surface area contributed by atoms with Gasteiger partial charge in [-0.15, -0.1) is 0 Å². The summed E-state index contributed by atoms with van der Waals surface area (Å²) in [5.74, 6) is -0.500. The minimum Gasteiger partial charge on any atom is -0.376 e. The lowest BCUT2D eigenvalue weighted by Crippen LogP contribution is -2.35. The Morgan fingerprint density at radius 1 is 1.43 bits per heavy atom. The van der Waals surface area contributed by atoms with Gasteiger partial charge in [0.25, 0.3) is 11.6 Å². The number of nitrogens with one attached hydrogen (secondary N) is 1. The van der Waals surface area contributed by atoms with Crippen LogP contribution in [-0.4, -0.2) is 30.1 Å². The van der Waals surface area contributed by atoms with Crippen LogP contribution in [0.2, 0.25) is 10.0 Å². The van der Waals surface area contributed by atoms with Crippen LogP contribution in [0.25, 0.3) is 0 Å². The second-order valence-corrected chi connectivity index (χ2v) is 5.53. The van der Waals surface area contributed by atoms with Gasteiger partial charge < -0.3 is 10.1 Å². The highest BCUT2D eigenvalue weighted by molar-refractivity contribution is 6.44. The first-order valence-electron chi connectivity index (χ1n) is 6.52. The molecule has 0 spiro atoms. The number of nitro benzene ring substituents is 1. The summed E-state index contributed by atoms with van der Waals surface area (Å²) in [4.78, 5) is 22.3.